The second-order valence-electron chi connectivity index (χ2n) is 2.81. The molecule has 0 spiro atoms. The summed E-state index contributed by atoms with van der Waals surface area (Å²) >= 11 is 5.95. The molecule has 0 radical (unpaired) electrons. The van der Waals surface area contributed by atoms with Crippen LogP contribution in [0.4, 0.5) is 0 Å². The predicted molar refractivity (Wildman–Crippen MR) is 48.1 cm³/mol. The number of rotatable bonds is 0. The van der Waals surface area contributed by atoms with E-state index in [9.17, 15) is 0 Å². The highest BCUT2D eigenvalue weighted by molar-refractivity contribution is 6.36. The predicted octanol–water partition coefficient (Wildman–Crippen LogP) is 2.03. The summed E-state index contributed by atoms with van der Waals surface area (Å²) in [5.74, 6) is 0. The Balaban J connectivity index is 2.55. The maximum absolute atomic E-state index is 8.69. The molecule has 1 N–H and O–H groups in total. The van der Waals surface area contributed by atoms with E-state index in [1.165, 1.54) is 0 Å². The second kappa shape index (κ2) is 2.79. The second-order valence-corrected chi connectivity index (χ2v) is 3.34. The van der Waals surface area contributed by atoms with Gasteiger partial charge in [-0.1, -0.05) is 29.4 Å². The molecule has 0 aliphatic heterocycles. The third-order valence-corrected chi connectivity index (χ3v) is 2.46. The molecule has 0 aromatic heterocycles. The Morgan fingerprint density at radius 1 is 1.42 bits per heavy atom. The number of halogens is 1. The van der Waals surface area contributed by atoms with Gasteiger partial charge in [-0.05, 0) is 12.0 Å². The summed E-state index contributed by atoms with van der Waals surface area (Å²) < 4.78 is 0. The van der Waals surface area contributed by atoms with E-state index in [0.717, 1.165) is 17.5 Å². The zero-order valence-electron chi connectivity index (χ0n) is 6.37. The van der Waals surface area contributed by atoms with Crippen molar-refractivity contribution >= 4 is 17.3 Å². The van der Waals surface area contributed by atoms with Gasteiger partial charge in [-0.3, -0.25) is 0 Å². The molecule has 1 atom stereocenters. The van der Waals surface area contributed by atoms with Crippen LogP contribution in [0.15, 0.2) is 29.4 Å². The molecule has 3 heteroatoms. The zero-order chi connectivity index (χ0) is 8.55. The smallest absolute Gasteiger partial charge is 0.105 e. The van der Waals surface area contributed by atoms with E-state index in [1.807, 2.05) is 24.3 Å². The van der Waals surface area contributed by atoms with Crippen molar-refractivity contribution in [2.75, 3.05) is 0 Å². The van der Waals surface area contributed by atoms with Gasteiger partial charge >= 0.3 is 0 Å². The number of benzene rings is 1. The third-order valence-electron chi connectivity index (χ3n) is 2.10. The molecule has 1 aliphatic rings. The van der Waals surface area contributed by atoms with Gasteiger partial charge in [0, 0.05) is 5.56 Å². The molecule has 0 heterocycles. The van der Waals surface area contributed by atoms with E-state index >= 15 is 0 Å². The maximum Gasteiger partial charge on any atom is 0.105 e. The lowest BCUT2D eigenvalue weighted by Gasteiger charge is -1.97. The van der Waals surface area contributed by atoms with Gasteiger partial charge in [-0.25, -0.2) is 0 Å². The van der Waals surface area contributed by atoms with E-state index in [0.29, 0.717) is 5.71 Å². The fourth-order valence-electron chi connectivity index (χ4n) is 1.52. The number of fused-ring (bicyclic) bond motifs is 1. The minimum absolute atomic E-state index is 0.174. The summed E-state index contributed by atoms with van der Waals surface area (Å²) in [4.78, 5) is 0. The summed E-state index contributed by atoms with van der Waals surface area (Å²) in [6, 6.07) is 7.80. The van der Waals surface area contributed by atoms with Gasteiger partial charge in [0.1, 0.15) is 5.71 Å². The number of alkyl halides is 1. The van der Waals surface area contributed by atoms with E-state index < -0.39 is 0 Å². The van der Waals surface area contributed by atoms with Gasteiger partial charge in [-0.15, -0.1) is 11.6 Å². The summed E-state index contributed by atoms with van der Waals surface area (Å²) in [5.41, 5.74) is 2.72. The Kier molecular flexibility index (Phi) is 1.77. The Morgan fingerprint density at radius 3 is 2.92 bits per heavy atom. The standard InChI is InChI=1S/C9H8ClNO/c10-8-5-6-3-1-2-4-7(6)9(8)11-12/h1-4,8,12H,5H2. The molecule has 0 saturated carbocycles. The van der Waals surface area contributed by atoms with Crippen LogP contribution in [0, 0.1) is 0 Å². The summed E-state index contributed by atoms with van der Waals surface area (Å²) in [7, 11) is 0. The Morgan fingerprint density at radius 2 is 2.17 bits per heavy atom. The van der Waals surface area contributed by atoms with Crippen molar-refractivity contribution in [2.45, 2.75) is 11.8 Å². The van der Waals surface area contributed by atoms with Gasteiger partial charge < -0.3 is 5.21 Å². The molecular weight excluding hydrogens is 174 g/mol. The topological polar surface area (TPSA) is 32.6 Å². The Labute approximate surface area is 75.5 Å². The first kappa shape index (κ1) is 7.62. The first-order chi connectivity index (χ1) is 5.83. The number of oxime groups is 1. The van der Waals surface area contributed by atoms with Crippen LogP contribution < -0.4 is 0 Å². The van der Waals surface area contributed by atoms with Crippen LogP contribution in [0.1, 0.15) is 11.1 Å². The maximum atomic E-state index is 8.69. The summed E-state index contributed by atoms with van der Waals surface area (Å²) in [6.45, 7) is 0. The highest BCUT2D eigenvalue weighted by Crippen LogP contribution is 2.25. The average Bonchev–Trinajstić information content (AvgIpc) is 2.40. The van der Waals surface area contributed by atoms with Gasteiger partial charge in [0.25, 0.3) is 0 Å². The van der Waals surface area contributed by atoms with Crippen LogP contribution in [0.25, 0.3) is 0 Å². The highest BCUT2D eigenvalue weighted by Gasteiger charge is 2.26. The van der Waals surface area contributed by atoms with Crippen molar-refractivity contribution in [3.05, 3.63) is 35.4 Å². The first-order valence-corrected chi connectivity index (χ1v) is 4.21. The molecule has 2 nitrogen and oxygen atoms in total. The summed E-state index contributed by atoms with van der Waals surface area (Å²) in [5, 5.41) is 11.7. The van der Waals surface area contributed by atoms with Crippen LogP contribution in [0.3, 0.4) is 0 Å². The lowest BCUT2D eigenvalue weighted by molar-refractivity contribution is 0.318. The van der Waals surface area contributed by atoms with Crippen LogP contribution in [-0.2, 0) is 6.42 Å². The van der Waals surface area contributed by atoms with Crippen molar-refractivity contribution in [3.63, 3.8) is 0 Å². The van der Waals surface area contributed by atoms with Crippen LogP contribution in [0.5, 0.6) is 0 Å². The molecule has 0 bridgehead atoms. The van der Waals surface area contributed by atoms with Gasteiger partial charge in [0.05, 0.1) is 5.38 Å². The number of nitrogens with zero attached hydrogens (tertiary/aromatic N) is 1. The van der Waals surface area contributed by atoms with Crippen LogP contribution in [-0.4, -0.2) is 16.3 Å². The van der Waals surface area contributed by atoms with Crippen molar-refractivity contribution < 1.29 is 5.21 Å². The molecule has 1 aliphatic carbocycles. The van der Waals surface area contributed by atoms with Crippen molar-refractivity contribution in [3.8, 4) is 0 Å². The molecule has 12 heavy (non-hydrogen) atoms. The summed E-state index contributed by atoms with van der Waals surface area (Å²) in [6.07, 6.45) is 0.761. The largest absolute Gasteiger partial charge is 0.411 e. The average molecular weight is 182 g/mol. The molecule has 1 aromatic rings. The van der Waals surface area contributed by atoms with Gasteiger partial charge in [-0.2, -0.15) is 0 Å². The molecular formula is C9H8ClNO. The normalized spacial score (nSPS) is 24.4. The quantitative estimate of drug-likeness (QED) is 0.371. The lowest BCUT2D eigenvalue weighted by Crippen LogP contribution is -2.08. The van der Waals surface area contributed by atoms with E-state index in [2.05, 4.69) is 5.16 Å². The van der Waals surface area contributed by atoms with Crippen molar-refractivity contribution in [2.24, 2.45) is 5.16 Å². The Bertz CT molecular complexity index is 335. The van der Waals surface area contributed by atoms with Crippen LogP contribution >= 0.6 is 11.6 Å². The van der Waals surface area contributed by atoms with Gasteiger partial charge in [0.2, 0.25) is 0 Å². The van der Waals surface area contributed by atoms with Crippen LogP contribution in [0.2, 0.25) is 0 Å². The fourth-order valence-corrected chi connectivity index (χ4v) is 1.85. The first-order valence-electron chi connectivity index (χ1n) is 3.77. The molecule has 0 fully saturated rings. The van der Waals surface area contributed by atoms with Crippen molar-refractivity contribution in [1.82, 2.24) is 0 Å². The number of hydrogen-bond acceptors (Lipinski definition) is 2. The van der Waals surface area contributed by atoms with E-state index in [1.54, 1.807) is 0 Å². The third kappa shape index (κ3) is 0.994. The molecule has 2 rings (SSSR count). The lowest BCUT2D eigenvalue weighted by atomic mass is 10.1. The monoisotopic (exact) mass is 181 g/mol. The molecule has 0 amide bonds. The molecule has 1 unspecified atom stereocenters. The molecule has 0 saturated heterocycles. The Hall–Kier alpha value is -1.02. The highest BCUT2D eigenvalue weighted by atomic mass is 35.5. The van der Waals surface area contributed by atoms with E-state index in [4.69, 9.17) is 16.8 Å². The minimum Gasteiger partial charge on any atom is -0.411 e. The molecule has 62 valence electrons. The van der Waals surface area contributed by atoms with Gasteiger partial charge in [0.15, 0.2) is 0 Å². The fraction of sp³-hybridized carbons (Fsp3) is 0.222. The number of hydrogen-bond donors (Lipinski definition) is 1. The minimum atomic E-state index is -0.174. The molecule has 1 aromatic carbocycles. The zero-order valence-corrected chi connectivity index (χ0v) is 7.12. The van der Waals surface area contributed by atoms with E-state index in [-0.39, 0.29) is 5.38 Å². The SMILES string of the molecule is ON=C1c2ccccc2CC1Cl. The van der Waals surface area contributed by atoms with Crippen molar-refractivity contribution in [1.29, 1.82) is 0 Å².